The van der Waals surface area contributed by atoms with E-state index in [1.165, 1.54) is 20.2 Å². The first kappa shape index (κ1) is 70.6. The summed E-state index contributed by atoms with van der Waals surface area (Å²) in [6.45, 7) is 14.2. The predicted octanol–water partition coefficient (Wildman–Crippen LogP) is 4.30. The first-order valence-corrected chi connectivity index (χ1v) is 30.2. The quantitative estimate of drug-likeness (QED) is 0.0351. The summed E-state index contributed by atoms with van der Waals surface area (Å²) < 4.78 is 28.7. The number of hydrogen-bond acceptors (Lipinski definition) is 17. The van der Waals surface area contributed by atoms with E-state index < -0.39 is 120 Å². The van der Waals surface area contributed by atoms with Crippen molar-refractivity contribution in [3.05, 3.63) is 81.9 Å². The summed E-state index contributed by atoms with van der Waals surface area (Å²) >= 11 is 6.40. The molecule has 13 atom stereocenters. The van der Waals surface area contributed by atoms with Crippen molar-refractivity contribution in [2.24, 2.45) is 29.1 Å². The van der Waals surface area contributed by atoms with Gasteiger partial charge in [-0.15, -0.1) is 0 Å². The van der Waals surface area contributed by atoms with Crippen molar-refractivity contribution in [1.82, 2.24) is 26.6 Å². The Morgan fingerprint density at radius 3 is 2.17 bits per heavy atom. The number of halogens is 1. The molecule has 0 unspecified atom stereocenters. The van der Waals surface area contributed by atoms with Crippen LogP contribution in [-0.4, -0.2) is 157 Å². The van der Waals surface area contributed by atoms with Gasteiger partial charge in [-0.25, -0.2) is 4.79 Å². The number of aryl methyl sites for hydroxylation is 2. The molecule has 2 aromatic rings. The van der Waals surface area contributed by atoms with Crippen molar-refractivity contribution in [3.8, 4) is 0 Å². The lowest BCUT2D eigenvalue weighted by Gasteiger charge is -2.38. The molecule has 23 heteroatoms. The van der Waals surface area contributed by atoms with Gasteiger partial charge in [-0.05, 0) is 99.1 Å². The number of hydrogen-bond donors (Lipinski definition) is 8. The number of benzene rings is 2. The average Bonchev–Trinajstić information content (AvgIpc) is 3.09. The van der Waals surface area contributed by atoms with E-state index in [-0.39, 0.29) is 100 Å². The summed E-state index contributed by atoms with van der Waals surface area (Å²) in [7, 11) is 2.72. The van der Waals surface area contributed by atoms with E-state index in [1.54, 1.807) is 39.8 Å². The molecule has 2 saturated heterocycles. The highest BCUT2D eigenvalue weighted by atomic mass is 35.5. The van der Waals surface area contributed by atoms with Crippen LogP contribution in [0.5, 0.6) is 0 Å². The SMILES string of the molecule is CNC(=O)CCCC(=O)N[C@H](C(=O)C[C@@H](CCCCNC(=O)[C@H]1O[C@@H](OC)[C@H](O)[C@@H](O)[C@@H]1O)C(=O)CCc1ccc([C@H]2O[C@@H]2[C@@H](C)[C@@H]2C/C=C/C(=O)N[C@H](Cc3ccc(C)c(Cl)c3)C(=O)NCC(C)(C)C(=O)O[C@@H](CC(C)C)C(=O)O2)cc1)C(C)C. The number of rotatable bonds is 27. The van der Waals surface area contributed by atoms with Gasteiger partial charge in [0.15, 0.2) is 24.3 Å². The molecule has 22 nitrogen and oxygen atoms in total. The van der Waals surface area contributed by atoms with E-state index in [9.17, 15) is 58.5 Å². The zero-order valence-electron chi connectivity index (χ0n) is 51.2. The van der Waals surface area contributed by atoms with Crippen LogP contribution in [0.25, 0.3) is 0 Å². The number of aliphatic hydroxyl groups is 3. The summed E-state index contributed by atoms with van der Waals surface area (Å²) in [6, 6.07) is 11.0. The summed E-state index contributed by atoms with van der Waals surface area (Å²) in [5.74, 6) is -5.98. The van der Waals surface area contributed by atoms with Gasteiger partial charge in [0.25, 0.3) is 5.91 Å². The molecule has 5 rings (SSSR count). The fourth-order valence-electron chi connectivity index (χ4n) is 10.3. The first-order valence-electron chi connectivity index (χ1n) is 29.9. The molecule has 3 aliphatic rings. The van der Waals surface area contributed by atoms with Gasteiger partial charge >= 0.3 is 11.9 Å². The smallest absolute Gasteiger partial charge is 0.347 e. The third kappa shape index (κ3) is 21.0. The van der Waals surface area contributed by atoms with Crippen molar-refractivity contribution in [3.63, 3.8) is 0 Å². The molecule has 0 aliphatic carbocycles. The molecule has 3 aliphatic heterocycles. The molecule has 3 heterocycles. The fraction of sp³-hybridized carbons (Fsp3) is 0.635. The van der Waals surface area contributed by atoms with E-state index in [0.717, 1.165) is 16.7 Å². The standard InChI is InChI=1S/C63H90ClN5O17/c1-34(2)29-47-60(80)83-46(16-13-18-49(73)68-43(31-39-21-20-36(5)42(64)30-39)58(78)67-33-63(7,8)62(81)84-47)37(6)55-56(85-55)40-25-22-38(23-26-40)24-27-44(70)41(32-45(71)51(35(3)4)69-50(74)19-14-17-48(72)65-9)15-11-12-28-66-59(79)57-53(76)52(75)54(77)61(82-10)86-57/h13,18,20-23,25-26,30,34-35,37,41,43,46-47,51-57,61,75-77H,11-12,14-17,19,24,27-29,31-33H2,1-10H3,(H,65,72)(H,66,79)(H,67,78)(H,68,73)(H,69,74)/b18-13+/t37-,41+,43+,46-,47-,51-,52-,53-,54+,55+,56+,57-,61+/m0/s1. The van der Waals surface area contributed by atoms with Crippen LogP contribution < -0.4 is 26.6 Å². The number of nitrogens with one attached hydrogen (secondary N) is 5. The number of esters is 2. The zero-order chi connectivity index (χ0) is 63.6. The van der Waals surface area contributed by atoms with Crippen molar-refractivity contribution in [2.75, 3.05) is 27.2 Å². The van der Waals surface area contributed by atoms with Gasteiger partial charge in [0.05, 0.1) is 17.6 Å². The Labute approximate surface area is 509 Å². The van der Waals surface area contributed by atoms with Gasteiger partial charge in [0.1, 0.15) is 42.3 Å². The highest BCUT2D eigenvalue weighted by molar-refractivity contribution is 6.31. The third-order valence-electron chi connectivity index (χ3n) is 15.9. The Balaban J connectivity index is 1.27. The Morgan fingerprint density at radius 1 is 0.837 bits per heavy atom. The molecule has 0 spiro atoms. The molecule has 2 aromatic carbocycles. The highest BCUT2D eigenvalue weighted by Gasteiger charge is 2.49. The van der Waals surface area contributed by atoms with E-state index in [2.05, 4.69) is 26.6 Å². The van der Waals surface area contributed by atoms with Crippen LogP contribution >= 0.6 is 11.6 Å². The average molecular weight is 1220 g/mol. The number of cyclic esters (lactones) is 2. The minimum absolute atomic E-state index is 0.0301. The van der Waals surface area contributed by atoms with Gasteiger partial charge in [0.2, 0.25) is 23.6 Å². The van der Waals surface area contributed by atoms with Crippen LogP contribution in [0.3, 0.4) is 0 Å². The van der Waals surface area contributed by atoms with Crippen molar-refractivity contribution >= 4 is 64.6 Å². The number of ketones is 2. The molecule has 0 bridgehead atoms. The maximum absolute atomic E-state index is 14.2. The molecule has 476 valence electrons. The largest absolute Gasteiger partial charge is 0.459 e. The number of ether oxygens (including phenoxy) is 5. The monoisotopic (exact) mass is 1220 g/mol. The number of epoxide rings is 1. The van der Waals surface area contributed by atoms with Crippen LogP contribution in [0.15, 0.2) is 54.6 Å². The molecule has 0 saturated carbocycles. The lowest BCUT2D eigenvalue weighted by Crippen LogP contribution is -2.61. The zero-order valence-corrected chi connectivity index (χ0v) is 51.9. The number of carbonyl (C=O) groups excluding carboxylic acids is 9. The first-order chi connectivity index (χ1) is 40.6. The number of carbonyl (C=O) groups is 9. The van der Waals surface area contributed by atoms with Crippen LogP contribution in [0, 0.1) is 36.0 Å². The third-order valence-corrected chi connectivity index (χ3v) is 16.3. The molecule has 0 radical (unpaired) electrons. The van der Waals surface area contributed by atoms with E-state index in [0.29, 0.717) is 29.8 Å². The Morgan fingerprint density at radius 2 is 1.52 bits per heavy atom. The number of Topliss-reactive ketones (excluding diaryl/α,β-unsaturated/α-hetero) is 2. The molecule has 8 N–H and O–H groups in total. The minimum atomic E-state index is -1.72. The molecular weight excluding hydrogens is 1130 g/mol. The van der Waals surface area contributed by atoms with Crippen molar-refractivity contribution in [1.29, 1.82) is 0 Å². The van der Waals surface area contributed by atoms with Gasteiger partial charge < -0.3 is 65.6 Å². The van der Waals surface area contributed by atoms with Crippen molar-refractivity contribution in [2.45, 2.75) is 200 Å². The Bertz CT molecular complexity index is 2700. The second kappa shape index (κ2) is 33.3. The lowest BCUT2D eigenvalue weighted by atomic mass is 9.85. The van der Waals surface area contributed by atoms with Gasteiger partial charge in [-0.3, -0.25) is 38.4 Å². The summed E-state index contributed by atoms with van der Waals surface area (Å²) in [4.78, 5) is 121. The number of aliphatic hydroxyl groups excluding tert-OH is 3. The maximum atomic E-state index is 14.2. The van der Waals surface area contributed by atoms with Gasteiger partial charge in [-0.1, -0.05) is 95.1 Å². The predicted molar refractivity (Wildman–Crippen MR) is 316 cm³/mol. The normalized spacial score (nSPS) is 26.0. The second-order valence-corrected chi connectivity index (χ2v) is 24.7. The topological polar surface area (TPSA) is 324 Å². The van der Waals surface area contributed by atoms with Crippen LogP contribution in [0.2, 0.25) is 5.02 Å². The Kier molecular flexibility index (Phi) is 27.3. The molecule has 2 fully saturated rings. The molecule has 86 heavy (non-hydrogen) atoms. The van der Waals surface area contributed by atoms with Crippen LogP contribution in [0.4, 0.5) is 0 Å². The minimum Gasteiger partial charge on any atom is -0.459 e. The lowest BCUT2D eigenvalue weighted by molar-refractivity contribution is -0.283. The van der Waals surface area contributed by atoms with Gasteiger partial charge in [0, 0.05) is 82.6 Å². The van der Waals surface area contributed by atoms with Gasteiger partial charge in [-0.2, -0.15) is 0 Å². The van der Waals surface area contributed by atoms with Crippen LogP contribution in [0.1, 0.15) is 141 Å². The summed E-state index contributed by atoms with van der Waals surface area (Å²) in [5.41, 5.74) is 1.92. The summed E-state index contributed by atoms with van der Waals surface area (Å²) in [6.07, 6.45) is -5.86. The highest BCUT2D eigenvalue weighted by Crippen LogP contribution is 2.45. The van der Waals surface area contributed by atoms with E-state index in [4.69, 9.17) is 35.3 Å². The second-order valence-electron chi connectivity index (χ2n) is 24.3. The fourth-order valence-corrected chi connectivity index (χ4v) is 10.5. The Hall–Kier alpha value is -6.14. The molecular formula is C63H90ClN5O17. The molecule has 5 amide bonds. The van der Waals surface area contributed by atoms with E-state index in [1.807, 2.05) is 64.1 Å². The number of amides is 5. The van der Waals surface area contributed by atoms with E-state index >= 15 is 0 Å². The number of unbranched alkanes of at least 4 members (excludes halogenated alkanes) is 1. The van der Waals surface area contributed by atoms with Crippen molar-refractivity contribution < 1.29 is 82.2 Å². The summed E-state index contributed by atoms with van der Waals surface area (Å²) in [5, 5.41) is 44.8. The maximum Gasteiger partial charge on any atom is 0.347 e. The molecule has 0 aromatic heterocycles. The number of methoxy groups -OCH3 is 1. The van der Waals surface area contributed by atoms with Crippen LogP contribution in [-0.2, 0) is 79.7 Å².